The molecule has 2 aromatic rings. The molecule has 0 spiro atoms. The van der Waals surface area contributed by atoms with Gasteiger partial charge in [0.1, 0.15) is 0 Å². The molecule has 0 atom stereocenters. The SMILES string of the molecule is CC(C)NC(=O)c1ccccc1Nc1nc(Cl)ncc1F. The molecule has 110 valence electrons. The molecule has 0 aliphatic rings. The van der Waals surface area contributed by atoms with E-state index in [2.05, 4.69) is 20.6 Å². The quantitative estimate of drug-likeness (QED) is 0.852. The minimum Gasteiger partial charge on any atom is -0.350 e. The van der Waals surface area contributed by atoms with Gasteiger partial charge in [-0.25, -0.2) is 9.37 Å². The summed E-state index contributed by atoms with van der Waals surface area (Å²) in [6.45, 7) is 3.72. The van der Waals surface area contributed by atoms with E-state index in [1.807, 2.05) is 13.8 Å². The first-order valence-electron chi connectivity index (χ1n) is 6.32. The molecule has 0 aliphatic heterocycles. The lowest BCUT2D eigenvalue weighted by atomic mass is 10.1. The fraction of sp³-hybridized carbons (Fsp3) is 0.214. The third-order valence-corrected chi connectivity index (χ3v) is 2.74. The second-order valence-electron chi connectivity index (χ2n) is 4.63. The van der Waals surface area contributed by atoms with Crippen LogP contribution < -0.4 is 10.6 Å². The Hall–Kier alpha value is -2.21. The van der Waals surface area contributed by atoms with Gasteiger partial charge in [-0.1, -0.05) is 12.1 Å². The Balaban J connectivity index is 2.32. The van der Waals surface area contributed by atoms with E-state index in [4.69, 9.17) is 11.6 Å². The molecule has 2 rings (SSSR count). The Morgan fingerprint density at radius 2 is 2.05 bits per heavy atom. The number of carbonyl (C=O) groups is 1. The largest absolute Gasteiger partial charge is 0.350 e. The van der Waals surface area contributed by atoms with Crippen molar-refractivity contribution in [2.45, 2.75) is 19.9 Å². The van der Waals surface area contributed by atoms with Gasteiger partial charge in [0.25, 0.3) is 5.91 Å². The van der Waals surface area contributed by atoms with Crippen LogP contribution in [0.4, 0.5) is 15.9 Å². The molecule has 0 aliphatic carbocycles. The van der Waals surface area contributed by atoms with Crippen LogP contribution in [0.1, 0.15) is 24.2 Å². The second-order valence-corrected chi connectivity index (χ2v) is 4.97. The smallest absolute Gasteiger partial charge is 0.253 e. The van der Waals surface area contributed by atoms with Gasteiger partial charge >= 0.3 is 0 Å². The Morgan fingerprint density at radius 3 is 2.76 bits per heavy atom. The van der Waals surface area contributed by atoms with Gasteiger partial charge in [0.2, 0.25) is 5.28 Å². The molecule has 1 aromatic carbocycles. The normalized spacial score (nSPS) is 10.5. The lowest BCUT2D eigenvalue weighted by Gasteiger charge is -2.13. The number of hydrogen-bond donors (Lipinski definition) is 2. The Labute approximate surface area is 126 Å². The zero-order chi connectivity index (χ0) is 15.4. The molecule has 1 amide bonds. The van der Waals surface area contributed by atoms with Crippen LogP contribution in [0.2, 0.25) is 5.28 Å². The van der Waals surface area contributed by atoms with Crippen LogP contribution in [0.3, 0.4) is 0 Å². The van der Waals surface area contributed by atoms with Crippen LogP contribution in [-0.2, 0) is 0 Å². The zero-order valence-electron chi connectivity index (χ0n) is 11.5. The number of amides is 1. The highest BCUT2D eigenvalue weighted by Gasteiger charge is 2.14. The fourth-order valence-electron chi connectivity index (χ4n) is 1.69. The van der Waals surface area contributed by atoms with Crippen molar-refractivity contribution in [2.24, 2.45) is 0 Å². The van der Waals surface area contributed by atoms with Crippen molar-refractivity contribution < 1.29 is 9.18 Å². The molecule has 21 heavy (non-hydrogen) atoms. The second kappa shape index (κ2) is 6.49. The molecule has 7 heteroatoms. The van der Waals surface area contributed by atoms with Crippen molar-refractivity contribution in [3.63, 3.8) is 0 Å². The van der Waals surface area contributed by atoms with Crippen LogP contribution in [0.15, 0.2) is 30.5 Å². The standard InChI is InChI=1S/C14H14ClFN4O/c1-8(2)18-13(21)9-5-3-4-6-11(9)19-12-10(16)7-17-14(15)20-12/h3-8H,1-2H3,(H,18,21)(H,17,19,20). The van der Waals surface area contributed by atoms with E-state index in [1.54, 1.807) is 24.3 Å². The highest BCUT2D eigenvalue weighted by atomic mass is 35.5. The molecule has 0 saturated carbocycles. The number of nitrogens with zero attached hydrogens (tertiary/aromatic N) is 2. The predicted octanol–water partition coefficient (Wildman–Crippen LogP) is 3.15. The number of anilines is 2. The predicted molar refractivity (Wildman–Crippen MR) is 79.3 cm³/mol. The van der Waals surface area contributed by atoms with Gasteiger partial charge in [0, 0.05) is 6.04 Å². The van der Waals surface area contributed by atoms with Crippen molar-refractivity contribution in [1.29, 1.82) is 0 Å². The van der Waals surface area contributed by atoms with Crippen molar-refractivity contribution in [3.8, 4) is 0 Å². The average Bonchev–Trinajstić information content (AvgIpc) is 2.42. The third-order valence-electron chi connectivity index (χ3n) is 2.56. The van der Waals surface area contributed by atoms with Crippen molar-refractivity contribution in [1.82, 2.24) is 15.3 Å². The fourth-order valence-corrected chi connectivity index (χ4v) is 1.82. The van der Waals surface area contributed by atoms with Crippen molar-refractivity contribution in [2.75, 3.05) is 5.32 Å². The Bertz CT molecular complexity index is 663. The summed E-state index contributed by atoms with van der Waals surface area (Å²) in [5, 5.41) is 5.46. The lowest BCUT2D eigenvalue weighted by Crippen LogP contribution is -2.30. The van der Waals surface area contributed by atoms with Gasteiger partial charge < -0.3 is 10.6 Å². The summed E-state index contributed by atoms with van der Waals surface area (Å²) < 4.78 is 13.7. The van der Waals surface area contributed by atoms with E-state index in [0.717, 1.165) is 6.20 Å². The van der Waals surface area contributed by atoms with Crippen LogP contribution in [0.25, 0.3) is 0 Å². The molecule has 1 aromatic heterocycles. The minimum absolute atomic E-state index is 0.00390. The maximum Gasteiger partial charge on any atom is 0.253 e. The summed E-state index contributed by atoms with van der Waals surface area (Å²) in [5.41, 5.74) is 0.824. The molecule has 2 N–H and O–H groups in total. The highest BCUT2D eigenvalue weighted by Crippen LogP contribution is 2.22. The van der Waals surface area contributed by atoms with Gasteiger partial charge in [-0.05, 0) is 37.6 Å². The molecule has 0 fully saturated rings. The molecule has 0 saturated heterocycles. The maximum absolute atomic E-state index is 13.7. The van der Waals surface area contributed by atoms with Crippen molar-refractivity contribution in [3.05, 3.63) is 47.1 Å². The van der Waals surface area contributed by atoms with E-state index in [9.17, 15) is 9.18 Å². The highest BCUT2D eigenvalue weighted by molar-refractivity contribution is 6.28. The van der Waals surface area contributed by atoms with E-state index >= 15 is 0 Å². The summed E-state index contributed by atoms with van der Waals surface area (Å²) in [4.78, 5) is 19.4. The molecule has 0 radical (unpaired) electrons. The van der Waals surface area contributed by atoms with Gasteiger partial charge in [0.05, 0.1) is 17.4 Å². The summed E-state index contributed by atoms with van der Waals surface area (Å²) in [5.74, 6) is -0.994. The Morgan fingerprint density at radius 1 is 1.33 bits per heavy atom. The number of rotatable bonds is 4. The maximum atomic E-state index is 13.7. The van der Waals surface area contributed by atoms with Gasteiger partial charge in [-0.15, -0.1) is 0 Å². The van der Waals surface area contributed by atoms with Crippen LogP contribution in [0, 0.1) is 5.82 Å². The topological polar surface area (TPSA) is 66.9 Å². The first-order valence-corrected chi connectivity index (χ1v) is 6.70. The molecular weight excluding hydrogens is 295 g/mol. The molecule has 1 heterocycles. The monoisotopic (exact) mass is 308 g/mol. The van der Waals surface area contributed by atoms with E-state index in [-0.39, 0.29) is 23.1 Å². The van der Waals surface area contributed by atoms with E-state index < -0.39 is 5.82 Å². The van der Waals surface area contributed by atoms with Crippen molar-refractivity contribution >= 4 is 29.0 Å². The van der Waals surface area contributed by atoms with Crippen LogP contribution >= 0.6 is 11.6 Å². The molecule has 5 nitrogen and oxygen atoms in total. The number of benzene rings is 1. The van der Waals surface area contributed by atoms with Crippen LogP contribution in [-0.4, -0.2) is 21.9 Å². The van der Waals surface area contributed by atoms with E-state index in [1.165, 1.54) is 0 Å². The number of carbonyl (C=O) groups excluding carboxylic acids is 1. The number of hydrogen-bond acceptors (Lipinski definition) is 4. The van der Waals surface area contributed by atoms with Crippen LogP contribution in [0.5, 0.6) is 0 Å². The summed E-state index contributed by atoms with van der Waals surface area (Å²) >= 11 is 5.65. The molecule has 0 unspecified atom stereocenters. The number of nitrogens with one attached hydrogen (secondary N) is 2. The number of para-hydroxylation sites is 1. The lowest BCUT2D eigenvalue weighted by molar-refractivity contribution is 0.0944. The average molecular weight is 309 g/mol. The number of aromatic nitrogens is 2. The minimum atomic E-state index is -0.654. The first kappa shape index (κ1) is 15.2. The van der Waals surface area contributed by atoms with Gasteiger partial charge in [0.15, 0.2) is 11.6 Å². The first-order chi connectivity index (χ1) is 9.97. The molecular formula is C14H14ClFN4O. The van der Waals surface area contributed by atoms with Gasteiger partial charge in [-0.3, -0.25) is 4.79 Å². The summed E-state index contributed by atoms with van der Waals surface area (Å²) in [6.07, 6.45) is 0.967. The Kier molecular flexibility index (Phi) is 4.70. The van der Waals surface area contributed by atoms with E-state index in [0.29, 0.717) is 11.3 Å². The van der Waals surface area contributed by atoms with Gasteiger partial charge in [-0.2, -0.15) is 4.98 Å². The summed E-state index contributed by atoms with van der Waals surface area (Å²) in [7, 11) is 0. The third kappa shape index (κ3) is 3.88. The molecule has 0 bridgehead atoms. The zero-order valence-corrected chi connectivity index (χ0v) is 12.3. The summed E-state index contributed by atoms with van der Waals surface area (Å²) in [6, 6.07) is 6.75. The number of halogens is 2.